The second-order valence-corrected chi connectivity index (χ2v) is 3.88. The smallest absolute Gasteiger partial charge is 0.338 e. The highest BCUT2D eigenvalue weighted by Crippen LogP contribution is 2.08. The molecule has 0 aliphatic rings. The monoisotopic (exact) mass is 261 g/mol. The molecule has 0 radical (unpaired) electrons. The fourth-order valence-electron chi connectivity index (χ4n) is 1.60. The number of H-pyrrole nitrogens is 1. The van der Waals surface area contributed by atoms with Crippen molar-refractivity contribution in [2.75, 3.05) is 19.0 Å². The van der Waals surface area contributed by atoms with Crippen molar-refractivity contribution in [2.45, 2.75) is 12.8 Å². The molecule has 100 valence electrons. The molecule has 0 fully saturated rings. The lowest BCUT2D eigenvalue weighted by molar-refractivity contribution is 0.0600. The minimum Gasteiger partial charge on any atom is -0.465 e. The van der Waals surface area contributed by atoms with E-state index in [4.69, 9.17) is 0 Å². The second kappa shape index (κ2) is 6.48. The summed E-state index contributed by atoms with van der Waals surface area (Å²) in [6, 6.07) is 3.28. The lowest BCUT2D eigenvalue weighted by Gasteiger charge is -2.06. The third-order valence-electron chi connectivity index (χ3n) is 2.54. The average Bonchev–Trinajstić information content (AvgIpc) is 2.96. The summed E-state index contributed by atoms with van der Waals surface area (Å²) < 4.78 is 4.65. The van der Waals surface area contributed by atoms with Crippen molar-refractivity contribution in [1.82, 2.24) is 20.2 Å². The van der Waals surface area contributed by atoms with Crippen LogP contribution in [0.25, 0.3) is 0 Å². The summed E-state index contributed by atoms with van der Waals surface area (Å²) in [5.41, 5.74) is 0.482. The largest absolute Gasteiger partial charge is 0.465 e. The molecule has 0 aromatic carbocycles. The Morgan fingerprint density at radius 3 is 3.11 bits per heavy atom. The third kappa shape index (κ3) is 3.77. The van der Waals surface area contributed by atoms with Gasteiger partial charge in [0.05, 0.1) is 12.7 Å². The highest BCUT2D eigenvalue weighted by atomic mass is 16.5. The van der Waals surface area contributed by atoms with Crippen molar-refractivity contribution in [1.29, 1.82) is 0 Å². The Morgan fingerprint density at radius 1 is 1.47 bits per heavy atom. The van der Waals surface area contributed by atoms with E-state index in [1.165, 1.54) is 13.4 Å². The summed E-state index contributed by atoms with van der Waals surface area (Å²) in [5, 5.41) is 9.73. The molecular weight excluding hydrogens is 246 g/mol. The molecule has 7 nitrogen and oxygen atoms in total. The topological polar surface area (TPSA) is 92.8 Å². The van der Waals surface area contributed by atoms with Crippen LogP contribution in [0.2, 0.25) is 0 Å². The molecule has 0 aliphatic heterocycles. The number of carbonyl (C=O) groups excluding carboxylic acids is 1. The van der Waals surface area contributed by atoms with Gasteiger partial charge in [0, 0.05) is 19.2 Å². The van der Waals surface area contributed by atoms with Gasteiger partial charge in [0.2, 0.25) is 0 Å². The zero-order valence-electron chi connectivity index (χ0n) is 10.6. The number of aryl methyl sites for hydroxylation is 1. The molecule has 0 bridgehead atoms. The Labute approximate surface area is 110 Å². The Hall–Kier alpha value is -2.44. The molecular formula is C12H15N5O2. The van der Waals surface area contributed by atoms with Gasteiger partial charge in [-0.15, -0.1) is 0 Å². The zero-order chi connectivity index (χ0) is 13.5. The standard InChI is InChI=1S/C12H15N5O2/c1-19-12(18)9-4-6-14-11(7-9)13-5-2-3-10-15-8-16-17-10/h4,6-8H,2-3,5H2,1H3,(H,13,14)(H,15,16,17). The molecule has 0 spiro atoms. The van der Waals surface area contributed by atoms with Gasteiger partial charge in [-0.3, -0.25) is 5.10 Å². The van der Waals surface area contributed by atoms with Crippen molar-refractivity contribution in [3.05, 3.63) is 36.0 Å². The summed E-state index contributed by atoms with van der Waals surface area (Å²) in [6.07, 6.45) is 4.76. The molecule has 2 aromatic heterocycles. The van der Waals surface area contributed by atoms with Crippen molar-refractivity contribution in [3.63, 3.8) is 0 Å². The number of hydrogen-bond donors (Lipinski definition) is 2. The van der Waals surface area contributed by atoms with Gasteiger partial charge >= 0.3 is 5.97 Å². The molecule has 2 aromatic rings. The van der Waals surface area contributed by atoms with Gasteiger partial charge in [-0.05, 0) is 18.6 Å². The summed E-state index contributed by atoms with van der Waals surface area (Å²) in [5.74, 6) is 1.14. The van der Waals surface area contributed by atoms with Gasteiger partial charge in [0.15, 0.2) is 0 Å². The molecule has 0 unspecified atom stereocenters. The second-order valence-electron chi connectivity index (χ2n) is 3.88. The first-order chi connectivity index (χ1) is 9.29. The zero-order valence-corrected chi connectivity index (χ0v) is 10.6. The summed E-state index contributed by atoms with van der Waals surface area (Å²) in [6.45, 7) is 0.734. The molecule has 0 saturated heterocycles. The van der Waals surface area contributed by atoms with E-state index in [9.17, 15) is 4.79 Å². The maximum Gasteiger partial charge on any atom is 0.338 e. The van der Waals surface area contributed by atoms with Crippen LogP contribution in [0, 0.1) is 0 Å². The number of nitrogens with zero attached hydrogens (tertiary/aromatic N) is 3. The highest BCUT2D eigenvalue weighted by molar-refractivity contribution is 5.89. The number of aromatic nitrogens is 4. The van der Waals surface area contributed by atoms with E-state index in [2.05, 4.69) is 30.2 Å². The van der Waals surface area contributed by atoms with Crippen LogP contribution >= 0.6 is 0 Å². The number of hydrogen-bond acceptors (Lipinski definition) is 6. The normalized spacial score (nSPS) is 10.2. The number of nitrogens with one attached hydrogen (secondary N) is 2. The highest BCUT2D eigenvalue weighted by Gasteiger charge is 2.06. The quantitative estimate of drug-likeness (QED) is 0.596. The van der Waals surface area contributed by atoms with E-state index < -0.39 is 0 Å². The number of aromatic amines is 1. The predicted molar refractivity (Wildman–Crippen MR) is 68.8 cm³/mol. The van der Waals surface area contributed by atoms with Crippen LogP contribution in [0.3, 0.4) is 0 Å². The van der Waals surface area contributed by atoms with Crippen LogP contribution in [0.15, 0.2) is 24.7 Å². The molecule has 0 atom stereocenters. The predicted octanol–water partition coefficient (Wildman–Crippen LogP) is 1.03. The van der Waals surface area contributed by atoms with Crippen molar-refractivity contribution >= 4 is 11.8 Å². The third-order valence-corrected chi connectivity index (χ3v) is 2.54. The number of pyridine rings is 1. The van der Waals surface area contributed by atoms with Crippen molar-refractivity contribution in [3.8, 4) is 0 Å². The van der Waals surface area contributed by atoms with Crippen molar-refractivity contribution < 1.29 is 9.53 Å². The van der Waals surface area contributed by atoms with E-state index in [1.54, 1.807) is 18.3 Å². The molecule has 2 heterocycles. The van der Waals surface area contributed by atoms with Crippen LogP contribution in [0.4, 0.5) is 5.82 Å². The van der Waals surface area contributed by atoms with E-state index in [1.807, 2.05) is 0 Å². The fourth-order valence-corrected chi connectivity index (χ4v) is 1.60. The van der Waals surface area contributed by atoms with Gasteiger partial charge in [-0.1, -0.05) is 0 Å². The SMILES string of the molecule is COC(=O)c1ccnc(NCCCc2ncn[nH]2)c1. The molecule has 0 aliphatic carbocycles. The molecule has 0 amide bonds. The van der Waals surface area contributed by atoms with Crippen LogP contribution in [0.5, 0.6) is 0 Å². The number of methoxy groups -OCH3 is 1. The van der Waals surface area contributed by atoms with Crippen molar-refractivity contribution in [2.24, 2.45) is 0 Å². The Bertz CT molecular complexity index is 527. The number of ether oxygens (including phenoxy) is 1. The first-order valence-electron chi connectivity index (χ1n) is 5.92. The Kier molecular flexibility index (Phi) is 4.44. The number of esters is 1. The van der Waals surface area contributed by atoms with Gasteiger partial charge < -0.3 is 10.1 Å². The minimum absolute atomic E-state index is 0.368. The maximum atomic E-state index is 11.4. The van der Waals surface area contributed by atoms with E-state index >= 15 is 0 Å². The van der Waals surface area contributed by atoms with Crippen LogP contribution in [-0.2, 0) is 11.2 Å². The molecule has 7 heteroatoms. The van der Waals surface area contributed by atoms with E-state index in [0.717, 1.165) is 25.2 Å². The van der Waals surface area contributed by atoms with Crippen LogP contribution < -0.4 is 5.32 Å². The Balaban J connectivity index is 1.81. The van der Waals surface area contributed by atoms with E-state index in [0.29, 0.717) is 11.4 Å². The van der Waals surface area contributed by atoms with Crippen LogP contribution in [-0.4, -0.2) is 39.8 Å². The van der Waals surface area contributed by atoms with Gasteiger partial charge in [0.1, 0.15) is 18.0 Å². The fraction of sp³-hybridized carbons (Fsp3) is 0.333. The number of carbonyl (C=O) groups is 1. The molecule has 0 saturated carbocycles. The average molecular weight is 261 g/mol. The van der Waals surface area contributed by atoms with Gasteiger partial charge in [-0.2, -0.15) is 5.10 Å². The summed E-state index contributed by atoms with van der Waals surface area (Å²) in [7, 11) is 1.35. The first-order valence-corrected chi connectivity index (χ1v) is 5.92. The van der Waals surface area contributed by atoms with Gasteiger partial charge in [0.25, 0.3) is 0 Å². The summed E-state index contributed by atoms with van der Waals surface area (Å²) in [4.78, 5) is 19.5. The first kappa shape index (κ1) is 13.0. The minimum atomic E-state index is -0.368. The van der Waals surface area contributed by atoms with Gasteiger partial charge in [-0.25, -0.2) is 14.8 Å². The van der Waals surface area contributed by atoms with E-state index in [-0.39, 0.29) is 5.97 Å². The summed E-state index contributed by atoms with van der Waals surface area (Å²) >= 11 is 0. The molecule has 19 heavy (non-hydrogen) atoms. The number of anilines is 1. The lowest BCUT2D eigenvalue weighted by Crippen LogP contribution is -2.07. The number of rotatable bonds is 6. The molecule has 2 N–H and O–H groups in total. The van der Waals surface area contributed by atoms with Crippen LogP contribution in [0.1, 0.15) is 22.6 Å². The maximum absolute atomic E-state index is 11.4. The molecule has 2 rings (SSSR count). The lowest BCUT2D eigenvalue weighted by atomic mass is 10.2. The Morgan fingerprint density at radius 2 is 2.37 bits per heavy atom.